The highest BCUT2D eigenvalue weighted by Crippen LogP contribution is 2.39. The van der Waals surface area contributed by atoms with Crippen molar-refractivity contribution in [1.82, 2.24) is 0 Å². The van der Waals surface area contributed by atoms with Crippen LogP contribution in [0.15, 0.2) is 42.5 Å². The van der Waals surface area contributed by atoms with E-state index < -0.39 is 23.3 Å². The Bertz CT molecular complexity index is 1000. The Hall–Kier alpha value is -2.36. The van der Waals surface area contributed by atoms with Crippen LogP contribution in [-0.4, -0.2) is 0 Å². The van der Waals surface area contributed by atoms with E-state index in [-0.39, 0.29) is 12.6 Å². The number of hydrogen-bond acceptors (Lipinski definition) is 0. The largest absolute Gasteiger partial charge is 0.206 e. The van der Waals surface area contributed by atoms with Gasteiger partial charge >= 0.3 is 0 Å². The first-order valence-corrected chi connectivity index (χ1v) is 9.85. The maximum atomic E-state index is 15.1. The Balaban J connectivity index is 0.00000240. The Morgan fingerprint density at radius 3 is 2.14 bits per heavy atom. The summed E-state index contributed by atoms with van der Waals surface area (Å²) in [5, 5.41) is 1.16. The van der Waals surface area contributed by atoms with Crippen LogP contribution < -0.4 is 0 Å². The summed E-state index contributed by atoms with van der Waals surface area (Å²) < 4.78 is 55.3. The quantitative estimate of drug-likeness (QED) is 0.315. The van der Waals surface area contributed by atoms with Gasteiger partial charge in [-0.25, -0.2) is 17.6 Å². The van der Waals surface area contributed by atoms with Crippen molar-refractivity contribution in [1.29, 1.82) is 0 Å². The molecule has 0 unspecified atom stereocenters. The molecular weight excluding hydrogens is 364 g/mol. The molecule has 1 fully saturated rings. The molecule has 0 amide bonds. The predicted octanol–water partition coefficient (Wildman–Crippen LogP) is 7.99. The van der Waals surface area contributed by atoms with Crippen molar-refractivity contribution in [2.75, 3.05) is 0 Å². The first kappa shape index (κ1) is 19.0. The van der Waals surface area contributed by atoms with E-state index in [1.165, 1.54) is 30.9 Å². The van der Waals surface area contributed by atoms with Gasteiger partial charge in [-0.1, -0.05) is 43.7 Å². The van der Waals surface area contributed by atoms with E-state index in [4.69, 9.17) is 0 Å². The second-order valence-corrected chi connectivity index (χ2v) is 7.79. The Morgan fingerprint density at radius 1 is 0.821 bits per heavy atom. The molecule has 0 nitrogen and oxygen atoms in total. The maximum Gasteiger partial charge on any atom is 0.194 e. The van der Waals surface area contributed by atoms with Gasteiger partial charge < -0.3 is 0 Å². The summed E-state index contributed by atoms with van der Waals surface area (Å²) in [5.74, 6) is -3.44. The Kier molecular flexibility index (Phi) is 5.13. The number of fused-ring (bicyclic) bond motifs is 1. The standard InChI is InChI=1S/C24H22F4.H2/c1-2-14-3-5-15(6-4-14)16-7-9-19-17(11-16)8-10-20(23(19)27)18-12-21(25)24(28)22(26)13-18;/h7-15H,2-6H2,1H3;1H. The van der Waals surface area contributed by atoms with Crippen LogP contribution in [0.1, 0.15) is 51.9 Å². The molecule has 1 saturated carbocycles. The van der Waals surface area contributed by atoms with Gasteiger partial charge in [0.1, 0.15) is 5.82 Å². The summed E-state index contributed by atoms with van der Waals surface area (Å²) in [4.78, 5) is 0. The van der Waals surface area contributed by atoms with Crippen molar-refractivity contribution >= 4 is 10.8 Å². The van der Waals surface area contributed by atoms with Crippen molar-refractivity contribution < 1.29 is 19.0 Å². The van der Waals surface area contributed by atoms with Crippen molar-refractivity contribution in [2.24, 2.45) is 5.92 Å². The van der Waals surface area contributed by atoms with Crippen LogP contribution in [0, 0.1) is 29.2 Å². The van der Waals surface area contributed by atoms with Crippen LogP contribution in [0.3, 0.4) is 0 Å². The van der Waals surface area contributed by atoms with E-state index in [1.807, 2.05) is 12.1 Å². The first-order chi connectivity index (χ1) is 13.5. The summed E-state index contributed by atoms with van der Waals surface area (Å²) in [5.41, 5.74) is 1.26. The topological polar surface area (TPSA) is 0 Å². The summed E-state index contributed by atoms with van der Waals surface area (Å²) in [6, 6.07) is 10.6. The zero-order chi connectivity index (χ0) is 19.8. The van der Waals surface area contributed by atoms with Gasteiger partial charge in [-0.05, 0) is 66.2 Å². The SMILES string of the molecule is CCC1CCC(c2ccc3c(F)c(-c4cc(F)c(F)c(F)c4)ccc3c2)CC1.[HH]. The third-order valence-electron chi connectivity index (χ3n) is 6.17. The van der Waals surface area contributed by atoms with E-state index >= 15 is 4.39 Å². The maximum absolute atomic E-state index is 15.1. The molecule has 4 heteroatoms. The minimum absolute atomic E-state index is 0. The van der Waals surface area contributed by atoms with Crippen LogP contribution in [-0.2, 0) is 0 Å². The Labute approximate surface area is 163 Å². The third-order valence-corrected chi connectivity index (χ3v) is 6.17. The van der Waals surface area contributed by atoms with Gasteiger partial charge in [0, 0.05) is 12.4 Å². The van der Waals surface area contributed by atoms with Gasteiger partial charge in [-0.3, -0.25) is 0 Å². The second-order valence-electron chi connectivity index (χ2n) is 7.79. The van der Waals surface area contributed by atoms with E-state index in [1.54, 1.807) is 12.1 Å². The highest BCUT2D eigenvalue weighted by atomic mass is 19.2. The molecule has 0 saturated heterocycles. The molecule has 0 N–H and O–H groups in total. The second kappa shape index (κ2) is 7.57. The third kappa shape index (κ3) is 3.41. The smallest absolute Gasteiger partial charge is 0.194 e. The predicted molar refractivity (Wildman–Crippen MR) is 106 cm³/mol. The molecule has 0 bridgehead atoms. The molecular formula is C24H24F4. The van der Waals surface area contributed by atoms with Crippen LogP contribution in [0.4, 0.5) is 17.6 Å². The average molecular weight is 388 g/mol. The molecule has 3 aromatic rings. The summed E-state index contributed by atoms with van der Waals surface area (Å²) in [7, 11) is 0. The van der Waals surface area contributed by atoms with Crippen LogP contribution in [0.5, 0.6) is 0 Å². The number of benzene rings is 3. The normalized spacial score (nSPS) is 19.9. The molecule has 1 aliphatic carbocycles. The zero-order valence-corrected chi connectivity index (χ0v) is 15.7. The molecule has 0 radical (unpaired) electrons. The van der Waals surface area contributed by atoms with E-state index in [0.717, 1.165) is 36.3 Å². The highest BCUT2D eigenvalue weighted by Gasteiger charge is 2.22. The van der Waals surface area contributed by atoms with Crippen molar-refractivity contribution in [3.63, 3.8) is 0 Å². The molecule has 4 rings (SSSR count). The zero-order valence-electron chi connectivity index (χ0n) is 15.7. The molecule has 3 aromatic carbocycles. The van der Waals surface area contributed by atoms with Gasteiger partial charge in [0.2, 0.25) is 0 Å². The molecule has 0 aliphatic heterocycles. The summed E-state index contributed by atoms with van der Waals surface area (Å²) in [6.45, 7) is 2.24. The van der Waals surface area contributed by atoms with Crippen molar-refractivity contribution in [3.05, 3.63) is 71.3 Å². The monoisotopic (exact) mass is 388 g/mol. The highest BCUT2D eigenvalue weighted by molar-refractivity contribution is 5.89. The minimum Gasteiger partial charge on any atom is -0.206 e. The van der Waals surface area contributed by atoms with Crippen LogP contribution in [0.2, 0.25) is 0 Å². The molecule has 148 valence electrons. The fourth-order valence-electron chi connectivity index (χ4n) is 4.40. The van der Waals surface area contributed by atoms with E-state index in [0.29, 0.717) is 11.3 Å². The average Bonchev–Trinajstić information content (AvgIpc) is 2.72. The summed E-state index contributed by atoms with van der Waals surface area (Å²) in [6.07, 6.45) is 5.99. The van der Waals surface area contributed by atoms with Crippen LogP contribution >= 0.6 is 0 Å². The number of hydrogen-bond donors (Lipinski definition) is 0. The van der Waals surface area contributed by atoms with Gasteiger partial charge in [0.25, 0.3) is 0 Å². The first-order valence-electron chi connectivity index (χ1n) is 9.85. The van der Waals surface area contributed by atoms with Gasteiger partial charge in [-0.2, -0.15) is 0 Å². The van der Waals surface area contributed by atoms with Crippen molar-refractivity contribution in [3.8, 4) is 11.1 Å². The van der Waals surface area contributed by atoms with Gasteiger partial charge in [-0.15, -0.1) is 0 Å². The van der Waals surface area contributed by atoms with Gasteiger partial charge in [0.05, 0.1) is 0 Å². The number of rotatable bonds is 3. The molecule has 0 spiro atoms. The van der Waals surface area contributed by atoms with Crippen LogP contribution in [0.25, 0.3) is 21.9 Å². The van der Waals surface area contributed by atoms with E-state index in [9.17, 15) is 13.2 Å². The fraction of sp³-hybridized carbons (Fsp3) is 0.333. The van der Waals surface area contributed by atoms with Crippen molar-refractivity contribution in [2.45, 2.75) is 44.9 Å². The summed E-state index contributed by atoms with van der Waals surface area (Å²) >= 11 is 0. The Morgan fingerprint density at radius 2 is 1.50 bits per heavy atom. The molecule has 0 aromatic heterocycles. The lowest BCUT2D eigenvalue weighted by atomic mass is 9.77. The van der Waals surface area contributed by atoms with Gasteiger partial charge in [0.15, 0.2) is 17.5 Å². The molecule has 0 heterocycles. The lowest BCUT2D eigenvalue weighted by Gasteiger charge is -2.28. The molecule has 28 heavy (non-hydrogen) atoms. The molecule has 0 atom stereocenters. The van der Waals surface area contributed by atoms with E-state index in [2.05, 4.69) is 6.92 Å². The lowest BCUT2D eigenvalue weighted by Crippen LogP contribution is -2.12. The fourth-order valence-corrected chi connectivity index (χ4v) is 4.40. The minimum atomic E-state index is -1.55. The lowest BCUT2D eigenvalue weighted by molar-refractivity contribution is 0.319. The number of halogens is 4. The molecule has 1 aliphatic rings.